The molecule has 1 fully saturated rings. The summed E-state index contributed by atoms with van der Waals surface area (Å²) >= 11 is 0. The SMILES string of the molecule is Cc1cccc(CC2CO2)c1[N+](=O)[O-]. The maximum Gasteiger partial charge on any atom is 0.275 e. The van der Waals surface area contributed by atoms with Crippen LogP contribution >= 0.6 is 0 Å². The Hall–Kier alpha value is -1.42. The topological polar surface area (TPSA) is 55.7 Å². The van der Waals surface area contributed by atoms with Crippen molar-refractivity contribution in [3.63, 3.8) is 0 Å². The first-order valence-corrected chi connectivity index (χ1v) is 4.53. The summed E-state index contributed by atoms with van der Waals surface area (Å²) in [6.45, 7) is 2.49. The predicted molar refractivity (Wildman–Crippen MR) is 51.3 cm³/mol. The fraction of sp³-hybridized carbons (Fsp3) is 0.400. The van der Waals surface area contributed by atoms with E-state index in [0.29, 0.717) is 12.0 Å². The van der Waals surface area contributed by atoms with Gasteiger partial charge in [0.05, 0.1) is 17.6 Å². The molecule has 1 heterocycles. The summed E-state index contributed by atoms with van der Waals surface area (Å²) in [6, 6.07) is 5.41. The Labute approximate surface area is 81.7 Å². The summed E-state index contributed by atoms with van der Waals surface area (Å²) in [4.78, 5) is 10.5. The van der Waals surface area contributed by atoms with Crippen molar-refractivity contribution < 1.29 is 9.66 Å². The number of rotatable bonds is 3. The zero-order chi connectivity index (χ0) is 10.1. The standard InChI is InChI=1S/C10H11NO3/c1-7-3-2-4-8(5-9-6-14-9)10(7)11(12)13/h2-4,9H,5-6H2,1H3. The molecule has 0 radical (unpaired) electrons. The van der Waals surface area contributed by atoms with Gasteiger partial charge in [-0.15, -0.1) is 0 Å². The van der Waals surface area contributed by atoms with Crippen LogP contribution in [0.4, 0.5) is 5.69 Å². The lowest BCUT2D eigenvalue weighted by molar-refractivity contribution is -0.386. The van der Waals surface area contributed by atoms with Crippen LogP contribution in [0.5, 0.6) is 0 Å². The Morgan fingerprint density at radius 1 is 1.64 bits per heavy atom. The van der Waals surface area contributed by atoms with Crippen molar-refractivity contribution in [1.29, 1.82) is 0 Å². The van der Waals surface area contributed by atoms with Gasteiger partial charge in [0, 0.05) is 17.5 Å². The molecule has 1 aromatic carbocycles. The zero-order valence-corrected chi connectivity index (χ0v) is 7.90. The van der Waals surface area contributed by atoms with E-state index in [1.165, 1.54) is 0 Å². The van der Waals surface area contributed by atoms with Gasteiger partial charge in [-0.1, -0.05) is 18.2 Å². The van der Waals surface area contributed by atoms with Gasteiger partial charge in [0.25, 0.3) is 5.69 Å². The molecule has 0 saturated carbocycles. The summed E-state index contributed by atoms with van der Waals surface area (Å²) < 4.78 is 5.06. The molecule has 0 bridgehead atoms. The molecule has 0 aliphatic carbocycles. The van der Waals surface area contributed by atoms with Crippen LogP contribution in [-0.4, -0.2) is 17.6 Å². The molecular weight excluding hydrogens is 182 g/mol. The van der Waals surface area contributed by atoms with Crippen LogP contribution in [0.2, 0.25) is 0 Å². The minimum Gasteiger partial charge on any atom is -0.373 e. The molecule has 4 nitrogen and oxygen atoms in total. The molecule has 14 heavy (non-hydrogen) atoms. The number of epoxide rings is 1. The van der Waals surface area contributed by atoms with Gasteiger partial charge in [-0.3, -0.25) is 10.1 Å². The molecule has 2 rings (SSSR count). The van der Waals surface area contributed by atoms with E-state index in [2.05, 4.69) is 0 Å². The van der Waals surface area contributed by atoms with Crippen LogP contribution in [-0.2, 0) is 11.2 Å². The van der Waals surface area contributed by atoms with Crippen LogP contribution in [0.1, 0.15) is 11.1 Å². The molecular formula is C10H11NO3. The number of nitrogens with zero attached hydrogens (tertiary/aromatic N) is 1. The van der Waals surface area contributed by atoms with E-state index in [1.807, 2.05) is 6.07 Å². The zero-order valence-electron chi connectivity index (χ0n) is 7.90. The lowest BCUT2D eigenvalue weighted by atomic mass is 10.0. The van der Waals surface area contributed by atoms with Crippen LogP contribution in [0.3, 0.4) is 0 Å². The Bertz CT molecular complexity index is 372. The molecule has 1 atom stereocenters. The Morgan fingerprint density at radius 3 is 2.93 bits per heavy atom. The van der Waals surface area contributed by atoms with Crippen molar-refractivity contribution >= 4 is 5.69 Å². The average Bonchev–Trinajstić information content (AvgIpc) is 2.87. The Balaban J connectivity index is 2.35. The first-order chi connectivity index (χ1) is 6.68. The first kappa shape index (κ1) is 9.15. The first-order valence-electron chi connectivity index (χ1n) is 4.53. The quantitative estimate of drug-likeness (QED) is 0.418. The smallest absolute Gasteiger partial charge is 0.275 e. The molecule has 4 heteroatoms. The lowest BCUT2D eigenvalue weighted by Gasteiger charge is -2.02. The highest BCUT2D eigenvalue weighted by molar-refractivity contribution is 5.47. The van der Waals surface area contributed by atoms with Crippen molar-refractivity contribution in [2.75, 3.05) is 6.61 Å². The molecule has 74 valence electrons. The maximum absolute atomic E-state index is 10.8. The number of ether oxygens (including phenoxy) is 1. The third kappa shape index (κ3) is 1.75. The van der Waals surface area contributed by atoms with E-state index in [9.17, 15) is 10.1 Å². The summed E-state index contributed by atoms with van der Waals surface area (Å²) in [5.74, 6) is 0. The van der Waals surface area contributed by atoms with Crippen molar-refractivity contribution in [1.82, 2.24) is 0 Å². The fourth-order valence-corrected chi connectivity index (χ4v) is 1.58. The molecule has 0 aromatic heterocycles. The van der Waals surface area contributed by atoms with Crippen molar-refractivity contribution in [3.05, 3.63) is 39.4 Å². The van der Waals surface area contributed by atoms with Gasteiger partial charge in [0.2, 0.25) is 0 Å². The minimum atomic E-state index is -0.312. The number of nitro groups is 1. The summed E-state index contributed by atoms with van der Waals surface area (Å²) in [6.07, 6.45) is 0.841. The Kier molecular flexibility index (Phi) is 2.21. The molecule has 1 saturated heterocycles. The molecule has 1 aliphatic rings. The van der Waals surface area contributed by atoms with Crippen molar-refractivity contribution in [3.8, 4) is 0 Å². The lowest BCUT2D eigenvalue weighted by Crippen LogP contribution is -2.01. The summed E-state index contributed by atoms with van der Waals surface area (Å²) in [5, 5.41) is 10.8. The fourth-order valence-electron chi connectivity index (χ4n) is 1.58. The number of aryl methyl sites for hydroxylation is 1. The Morgan fingerprint density at radius 2 is 2.36 bits per heavy atom. The number of hydrogen-bond donors (Lipinski definition) is 0. The average molecular weight is 193 g/mol. The second kappa shape index (κ2) is 3.38. The summed E-state index contributed by atoms with van der Waals surface area (Å²) in [7, 11) is 0. The van der Waals surface area contributed by atoms with Crippen LogP contribution in [0, 0.1) is 17.0 Å². The second-order valence-corrected chi connectivity index (χ2v) is 3.50. The van der Waals surface area contributed by atoms with Crippen LogP contribution in [0.15, 0.2) is 18.2 Å². The molecule has 1 aromatic rings. The van der Waals surface area contributed by atoms with Gasteiger partial charge in [-0.05, 0) is 6.92 Å². The van der Waals surface area contributed by atoms with Gasteiger partial charge in [-0.25, -0.2) is 0 Å². The van der Waals surface area contributed by atoms with E-state index in [4.69, 9.17) is 4.74 Å². The molecule has 1 unspecified atom stereocenters. The molecule has 0 amide bonds. The number of hydrogen-bond acceptors (Lipinski definition) is 3. The largest absolute Gasteiger partial charge is 0.373 e. The minimum absolute atomic E-state index is 0.190. The van der Waals surface area contributed by atoms with E-state index in [1.54, 1.807) is 19.1 Å². The van der Waals surface area contributed by atoms with Gasteiger partial charge in [0.1, 0.15) is 0 Å². The molecule has 0 spiro atoms. The third-order valence-corrected chi connectivity index (χ3v) is 2.35. The van der Waals surface area contributed by atoms with Crippen molar-refractivity contribution in [2.24, 2.45) is 0 Å². The highest BCUT2D eigenvalue weighted by atomic mass is 16.6. The normalized spacial score (nSPS) is 19.4. The van der Waals surface area contributed by atoms with E-state index < -0.39 is 0 Å². The summed E-state index contributed by atoms with van der Waals surface area (Å²) in [5.41, 5.74) is 1.73. The predicted octanol–water partition coefficient (Wildman–Crippen LogP) is 1.84. The highest BCUT2D eigenvalue weighted by Gasteiger charge is 2.27. The van der Waals surface area contributed by atoms with E-state index >= 15 is 0 Å². The van der Waals surface area contributed by atoms with E-state index in [0.717, 1.165) is 12.2 Å². The maximum atomic E-state index is 10.8. The number of nitro benzene ring substituents is 1. The van der Waals surface area contributed by atoms with Gasteiger partial charge < -0.3 is 4.74 Å². The number of benzene rings is 1. The van der Waals surface area contributed by atoms with Crippen LogP contribution in [0.25, 0.3) is 0 Å². The van der Waals surface area contributed by atoms with Gasteiger partial charge >= 0.3 is 0 Å². The van der Waals surface area contributed by atoms with E-state index in [-0.39, 0.29) is 16.7 Å². The molecule has 0 N–H and O–H groups in total. The molecule has 1 aliphatic heterocycles. The van der Waals surface area contributed by atoms with Gasteiger partial charge in [-0.2, -0.15) is 0 Å². The number of para-hydroxylation sites is 1. The monoisotopic (exact) mass is 193 g/mol. The highest BCUT2D eigenvalue weighted by Crippen LogP contribution is 2.27. The van der Waals surface area contributed by atoms with Gasteiger partial charge in [0.15, 0.2) is 0 Å². The van der Waals surface area contributed by atoms with Crippen LogP contribution < -0.4 is 0 Å². The van der Waals surface area contributed by atoms with Crippen molar-refractivity contribution in [2.45, 2.75) is 19.4 Å². The second-order valence-electron chi connectivity index (χ2n) is 3.50. The third-order valence-electron chi connectivity index (χ3n) is 2.35.